The Morgan fingerprint density at radius 2 is 1.17 bits per heavy atom. The minimum Gasteiger partial charge on any atom is -0.454 e. The highest BCUT2D eigenvalue weighted by Gasteiger charge is 2.24. The van der Waals surface area contributed by atoms with E-state index in [2.05, 4.69) is 137 Å². The number of nitrogens with zero attached hydrogens (tertiary/aromatic N) is 3. The van der Waals surface area contributed by atoms with Gasteiger partial charge in [0.25, 0.3) is 0 Å². The topological polar surface area (TPSA) is 47.3 Å². The smallest absolute Gasteiger partial charge is 0.227 e. The van der Waals surface area contributed by atoms with Crippen LogP contribution in [0.3, 0.4) is 0 Å². The van der Waals surface area contributed by atoms with E-state index in [1.807, 2.05) is 36.4 Å². The molecule has 3 aromatic heterocycles. The third-order valence-corrected chi connectivity index (χ3v) is 9.19. The van der Waals surface area contributed by atoms with Crippen molar-refractivity contribution in [2.24, 2.45) is 0 Å². The number of aromatic nitrogens is 2. The van der Waals surface area contributed by atoms with E-state index in [0.29, 0.717) is 11.5 Å². The van der Waals surface area contributed by atoms with E-state index >= 15 is 0 Å². The van der Waals surface area contributed by atoms with Crippen LogP contribution in [0.15, 0.2) is 173 Å². The average molecular weight is 618 g/mol. The molecule has 226 valence electrons. The molecule has 10 aromatic rings. The van der Waals surface area contributed by atoms with E-state index in [-0.39, 0.29) is 0 Å². The van der Waals surface area contributed by atoms with E-state index in [1.54, 1.807) is 0 Å². The van der Waals surface area contributed by atoms with Crippen molar-refractivity contribution in [3.8, 4) is 17.1 Å². The number of rotatable bonds is 5. The Bertz CT molecular complexity index is 2780. The number of anilines is 3. The fraction of sp³-hybridized carbons (Fsp3) is 0. The number of oxazole rings is 1. The van der Waals surface area contributed by atoms with E-state index in [0.717, 1.165) is 66.8 Å². The summed E-state index contributed by atoms with van der Waals surface area (Å²) in [7, 11) is 0. The third-order valence-electron chi connectivity index (χ3n) is 9.19. The van der Waals surface area contributed by atoms with Gasteiger partial charge >= 0.3 is 0 Å². The Morgan fingerprint density at radius 3 is 2.00 bits per heavy atom. The van der Waals surface area contributed by atoms with Crippen LogP contribution in [0.1, 0.15) is 0 Å². The van der Waals surface area contributed by atoms with Gasteiger partial charge in [0.15, 0.2) is 11.2 Å². The molecular weight excluding hydrogens is 590 g/mol. The van der Waals surface area contributed by atoms with Gasteiger partial charge in [-0.25, -0.2) is 4.98 Å². The molecule has 0 spiro atoms. The molecule has 0 bridgehead atoms. The van der Waals surface area contributed by atoms with Crippen LogP contribution >= 0.6 is 0 Å². The van der Waals surface area contributed by atoms with Crippen molar-refractivity contribution in [3.63, 3.8) is 0 Å². The summed E-state index contributed by atoms with van der Waals surface area (Å²) in [6, 6.07) is 56.7. The molecule has 5 heteroatoms. The Kier molecular flexibility index (Phi) is 5.81. The summed E-state index contributed by atoms with van der Waals surface area (Å²) in [6.07, 6.45) is 0. The summed E-state index contributed by atoms with van der Waals surface area (Å²) in [4.78, 5) is 7.17. The maximum Gasteiger partial charge on any atom is 0.227 e. The monoisotopic (exact) mass is 617 g/mol. The molecule has 48 heavy (non-hydrogen) atoms. The lowest BCUT2D eigenvalue weighted by molar-refractivity contribution is 0.617. The molecule has 0 radical (unpaired) electrons. The predicted octanol–water partition coefficient (Wildman–Crippen LogP) is 12.0. The lowest BCUT2D eigenvalue weighted by Gasteiger charge is -2.26. The molecule has 7 aromatic carbocycles. The van der Waals surface area contributed by atoms with Crippen LogP contribution in [-0.2, 0) is 0 Å². The first-order valence-corrected chi connectivity index (χ1v) is 16.1. The number of fused-ring (bicyclic) bond motifs is 7. The van der Waals surface area contributed by atoms with Crippen molar-refractivity contribution in [2.45, 2.75) is 0 Å². The first-order chi connectivity index (χ1) is 23.8. The molecular formula is C43H27N3O2. The largest absolute Gasteiger partial charge is 0.454 e. The molecule has 0 aliphatic rings. The quantitative estimate of drug-likeness (QED) is 0.193. The van der Waals surface area contributed by atoms with Gasteiger partial charge in [0, 0.05) is 44.5 Å². The second kappa shape index (κ2) is 10.5. The van der Waals surface area contributed by atoms with E-state index < -0.39 is 0 Å². The highest BCUT2D eigenvalue weighted by molar-refractivity contribution is 6.18. The summed E-state index contributed by atoms with van der Waals surface area (Å²) >= 11 is 0. The Morgan fingerprint density at radius 1 is 0.500 bits per heavy atom. The molecule has 0 atom stereocenters. The van der Waals surface area contributed by atoms with Crippen LogP contribution in [0.5, 0.6) is 0 Å². The molecule has 0 saturated carbocycles. The van der Waals surface area contributed by atoms with Gasteiger partial charge < -0.3 is 18.3 Å². The van der Waals surface area contributed by atoms with E-state index in [4.69, 9.17) is 13.8 Å². The van der Waals surface area contributed by atoms with Gasteiger partial charge in [0.05, 0.1) is 22.4 Å². The van der Waals surface area contributed by atoms with Crippen molar-refractivity contribution in [1.29, 1.82) is 0 Å². The summed E-state index contributed by atoms with van der Waals surface area (Å²) in [5, 5.41) is 4.38. The molecule has 0 aliphatic heterocycles. The Labute approximate surface area is 275 Å². The SMILES string of the molecule is c1ccc(-c2nc3cc4c(cc3o2)oc2c(N(c3ccccc3)c3cccc5c3c3ccccc3n5-c3ccccc3)cccc24)cc1. The van der Waals surface area contributed by atoms with Crippen molar-refractivity contribution >= 4 is 71.9 Å². The summed E-state index contributed by atoms with van der Waals surface area (Å²) in [5.74, 6) is 0.598. The molecule has 0 aliphatic carbocycles. The molecule has 0 unspecified atom stereocenters. The number of para-hydroxylation sites is 4. The average Bonchev–Trinajstić information content (AvgIpc) is 3.84. The van der Waals surface area contributed by atoms with Gasteiger partial charge in [-0.1, -0.05) is 91.0 Å². The van der Waals surface area contributed by atoms with E-state index in [1.165, 1.54) is 10.8 Å². The predicted molar refractivity (Wildman–Crippen MR) is 196 cm³/mol. The highest BCUT2D eigenvalue weighted by atomic mass is 16.4. The number of benzene rings is 7. The molecule has 3 heterocycles. The maximum absolute atomic E-state index is 6.77. The minimum absolute atomic E-state index is 0.598. The van der Waals surface area contributed by atoms with Gasteiger partial charge in [0.2, 0.25) is 5.89 Å². The molecule has 5 nitrogen and oxygen atoms in total. The van der Waals surface area contributed by atoms with Gasteiger partial charge in [-0.3, -0.25) is 0 Å². The van der Waals surface area contributed by atoms with Crippen LogP contribution in [0.4, 0.5) is 17.1 Å². The lowest BCUT2D eigenvalue weighted by atomic mass is 10.1. The Balaban J connectivity index is 1.23. The standard InChI is InChI=1S/C43H27N3O2/c1-4-14-28(15-5-1)43-44-34-26-33-31-21-12-25-38(42(31)47-39(33)27-40(34)48-43)46(30-18-8-3-9-19-30)37-24-13-23-36-41(37)32-20-10-11-22-35(32)45(36)29-16-6-2-7-17-29/h1-27H. The van der Waals surface area contributed by atoms with Crippen molar-refractivity contribution in [3.05, 3.63) is 164 Å². The molecule has 0 amide bonds. The first kappa shape index (κ1) is 26.6. The highest BCUT2D eigenvalue weighted by Crippen LogP contribution is 2.47. The maximum atomic E-state index is 6.77. The van der Waals surface area contributed by atoms with Crippen molar-refractivity contribution < 1.29 is 8.83 Å². The van der Waals surface area contributed by atoms with Crippen LogP contribution in [0, 0.1) is 0 Å². The van der Waals surface area contributed by atoms with Gasteiger partial charge in [-0.15, -0.1) is 0 Å². The molecule has 0 fully saturated rings. The molecule has 10 rings (SSSR count). The van der Waals surface area contributed by atoms with Crippen LogP contribution in [-0.4, -0.2) is 9.55 Å². The van der Waals surface area contributed by atoms with Gasteiger partial charge in [0.1, 0.15) is 11.1 Å². The summed E-state index contributed by atoms with van der Waals surface area (Å²) in [6.45, 7) is 0. The van der Waals surface area contributed by atoms with Gasteiger partial charge in [-0.05, 0) is 66.7 Å². The summed E-state index contributed by atoms with van der Waals surface area (Å²) in [5.41, 5.74) is 10.5. The van der Waals surface area contributed by atoms with Crippen LogP contribution < -0.4 is 4.90 Å². The van der Waals surface area contributed by atoms with Crippen LogP contribution in [0.25, 0.3) is 72.0 Å². The van der Waals surface area contributed by atoms with E-state index in [9.17, 15) is 0 Å². The van der Waals surface area contributed by atoms with Crippen LogP contribution in [0.2, 0.25) is 0 Å². The first-order valence-electron chi connectivity index (χ1n) is 16.1. The number of furan rings is 1. The second-order valence-corrected chi connectivity index (χ2v) is 12.0. The third kappa shape index (κ3) is 4.01. The Hall–Kier alpha value is -6.59. The normalized spacial score (nSPS) is 11.8. The fourth-order valence-electron chi connectivity index (χ4n) is 7.11. The zero-order valence-electron chi connectivity index (χ0n) is 25.7. The minimum atomic E-state index is 0.598. The number of hydrogen-bond acceptors (Lipinski definition) is 4. The zero-order valence-corrected chi connectivity index (χ0v) is 25.7. The lowest BCUT2D eigenvalue weighted by Crippen LogP contribution is -2.10. The van der Waals surface area contributed by atoms with Crippen molar-refractivity contribution in [1.82, 2.24) is 9.55 Å². The summed E-state index contributed by atoms with van der Waals surface area (Å²) < 4.78 is 15.3. The second-order valence-electron chi connectivity index (χ2n) is 12.0. The fourth-order valence-corrected chi connectivity index (χ4v) is 7.11. The van der Waals surface area contributed by atoms with Crippen molar-refractivity contribution in [2.75, 3.05) is 4.90 Å². The number of hydrogen-bond donors (Lipinski definition) is 0. The van der Waals surface area contributed by atoms with Gasteiger partial charge in [-0.2, -0.15) is 0 Å². The molecule has 0 N–H and O–H groups in total. The zero-order chi connectivity index (χ0) is 31.6. The molecule has 0 saturated heterocycles.